The molecule has 0 fully saturated rings. The van der Waals surface area contributed by atoms with Crippen LogP contribution >= 0.6 is 0 Å². The molecule has 9 heavy (non-hydrogen) atoms. The molecule has 0 N–H and O–H groups in total. The number of aromatic nitrogens is 2. The molecule has 4 heteroatoms. The van der Waals surface area contributed by atoms with Gasteiger partial charge in [-0.25, -0.2) is 0 Å². The van der Waals surface area contributed by atoms with Crippen LogP contribution < -0.4 is 10.3 Å². The number of hydrogen-bond acceptors (Lipinski definition) is 2. The summed E-state index contributed by atoms with van der Waals surface area (Å²) in [6.07, 6.45) is 1.67. The first-order valence-corrected chi connectivity index (χ1v) is 3.26. The van der Waals surface area contributed by atoms with Crippen molar-refractivity contribution in [3.8, 4) is 0 Å². The van der Waals surface area contributed by atoms with Gasteiger partial charge < -0.3 is 0 Å². The van der Waals surface area contributed by atoms with Crippen molar-refractivity contribution in [2.24, 2.45) is 7.05 Å². The van der Waals surface area contributed by atoms with Crippen LogP contribution in [0.2, 0.25) is 0 Å². The van der Waals surface area contributed by atoms with E-state index in [9.17, 15) is 4.79 Å². The van der Waals surface area contributed by atoms with Crippen molar-refractivity contribution >= 4 is 20.6 Å². The first kappa shape index (κ1) is 6.52. The van der Waals surface area contributed by atoms with E-state index in [0.29, 0.717) is 4.59 Å². The van der Waals surface area contributed by atoms with Crippen molar-refractivity contribution in [1.82, 2.24) is 9.55 Å². The summed E-state index contributed by atoms with van der Waals surface area (Å²) in [6.45, 7) is 0. The van der Waals surface area contributed by atoms with Gasteiger partial charge in [-0.15, -0.1) is 0 Å². The van der Waals surface area contributed by atoms with Gasteiger partial charge in [0, 0.05) is 0 Å². The van der Waals surface area contributed by atoms with Crippen LogP contribution in [0.1, 0.15) is 0 Å². The van der Waals surface area contributed by atoms with E-state index in [0.717, 1.165) is 0 Å². The zero-order chi connectivity index (χ0) is 6.85. The van der Waals surface area contributed by atoms with Crippen molar-refractivity contribution in [2.45, 2.75) is 0 Å². The van der Waals surface area contributed by atoms with Gasteiger partial charge in [0.05, 0.1) is 0 Å². The van der Waals surface area contributed by atoms with Crippen molar-refractivity contribution in [2.75, 3.05) is 0 Å². The molecule has 0 saturated heterocycles. The standard InChI is InChI=1S/C5H5N2OSe/c1-7-3-2-4(9)6-5(7)8/h2-3H,1H3. The van der Waals surface area contributed by atoms with Gasteiger partial charge in [-0.1, -0.05) is 0 Å². The van der Waals surface area contributed by atoms with Gasteiger partial charge in [0.25, 0.3) is 0 Å². The number of hydrogen-bond donors (Lipinski definition) is 0. The molecule has 1 aromatic rings. The Morgan fingerprint density at radius 2 is 2.44 bits per heavy atom. The average molecular weight is 188 g/mol. The molecule has 0 spiro atoms. The SMILES string of the molecule is Cn1ccc([Se])nc1=O. The maximum absolute atomic E-state index is 10.7. The van der Waals surface area contributed by atoms with Crippen LogP contribution in [0, 0.1) is 0 Å². The van der Waals surface area contributed by atoms with Gasteiger partial charge in [-0.3, -0.25) is 0 Å². The Labute approximate surface area is 60.5 Å². The summed E-state index contributed by atoms with van der Waals surface area (Å²) in [5, 5.41) is 0. The summed E-state index contributed by atoms with van der Waals surface area (Å²) < 4.78 is 2.05. The minimum absolute atomic E-state index is 0.230. The summed E-state index contributed by atoms with van der Waals surface area (Å²) in [5.74, 6) is 0. The van der Waals surface area contributed by atoms with Crippen molar-refractivity contribution in [1.29, 1.82) is 0 Å². The monoisotopic (exact) mass is 189 g/mol. The number of rotatable bonds is 0. The molecule has 3 nitrogen and oxygen atoms in total. The number of nitrogens with zero attached hydrogens (tertiary/aromatic N) is 2. The van der Waals surface area contributed by atoms with Gasteiger partial charge in [0.1, 0.15) is 0 Å². The predicted octanol–water partition coefficient (Wildman–Crippen LogP) is -1.43. The molecule has 1 heterocycles. The second-order valence-electron chi connectivity index (χ2n) is 1.66. The van der Waals surface area contributed by atoms with E-state index in [-0.39, 0.29) is 5.69 Å². The third kappa shape index (κ3) is 1.40. The first-order valence-electron chi connectivity index (χ1n) is 2.41. The van der Waals surface area contributed by atoms with Crippen LogP contribution in [0.4, 0.5) is 0 Å². The van der Waals surface area contributed by atoms with E-state index < -0.39 is 0 Å². The zero-order valence-corrected chi connectivity index (χ0v) is 6.58. The molecule has 1 aromatic heterocycles. The third-order valence-corrected chi connectivity index (χ3v) is 1.43. The van der Waals surface area contributed by atoms with Crippen LogP contribution in [-0.2, 0) is 7.05 Å². The molecule has 0 unspecified atom stereocenters. The van der Waals surface area contributed by atoms with E-state index in [1.165, 1.54) is 4.57 Å². The summed E-state index contributed by atoms with van der Waals surface area (Å²) in [7, 11) is 1.66. The molecule has 0 saturated carbocycles. The average Bonchev–Trinajstić information content (AvgIpc) is 1.80. The predicted molar refractivity (Wildman–Crippen MR) is 34.9 cm³/mol. The van der Waals surface area contributed by atoms with Crippen LogP contribution in [-0.4, -0.2) is 25.6 Å². The molecule has 0 amide bonds. The fraction of sp³-hybridized carbons (Fsp3) is 0.200. The van der Waals surface area contributed by atoms with Crippen LogP contribution in [0.25, 0.3) is 0 Å². The van der Waals surface area contributed by atoms with Crippen molar-refractivity contribution in [3.05, 3.63) is 22.7 Å². The van der Waals surface area contributed by atoms with E-state index in [1.807, 2.05) is 0 Å². The molecule has 0 aliphatic rings. The van der Waals surface area contributed by atoms with Crippen LogP contribution in [0.15, 0.2) is 17.1 Å². The van der Waals surface area contributed by atoms with Gasteiger partial charge in [-0.2, -0.15) is 0 Å². The van der Waals surface area contributed by atoms with Crippen LogP contribution in [0.5, 0.6) is 0 Å². The molecular formula is C5H5N2OSe. The van der Waals surface area contributed by atoms with E-state index in [4.69, 9.17) is 0 Å². The summed E-state index contributed by atoms with van der Waals surface area (Å²) in [6, 6.07) is 1.74. The Bertz CT molecular complexity index is 268. The Morgan fingerprint density at radius 3 is 2.89 bits per heavy atom. The van der Waals surface area contributed by atoms with E-state index in [1.54, 1.807) is 19.3 Å². The fourth-order valence-electron chi connectivity index (χ4n) is 0.450. The fourth-order valence-corrected chi connectivity index (χ4v) is 0.741. The molecule has 0 aliphatic heterocycles. The van der Waals surface area contributed by atoms with Crippen molar-refractivity contribution in [3.63, 3.8) is 0 Å². The zero-order valence-electron chi connectivity index (χ0n) is 4.87. The van der Waals surface area contributed by atoms with E-state index in [2.05, 4.69) is 21.0 Å². The normalized spacial score (nSPS) is 9.44. The summed E-state index contributed by atoms with van der Waals surface area (Å²) >= 11 is 2.65. The molecule has 0 bridgehead atoms. The van der Waals surface area contributed by atoms with Gasteiger partial charge in [0.2, 0.25) is 0 Å². The third-order valence-electron chi connectivity index (χ3n) is 0.948. The molecule has 1 rings (SSSR count). The molecular weight excluding hydrogens is 183 g/mol. The minimum atomic E-state index is -0.230. The Balaban J connectivity index is 3.34. The Kier molecular flexibility index (Phi) is 1.69. The summed E-state index contributed by atoms with van der Waals surface area (Å²) in [4.78, 5) is 14.3. The summed E-state index contributed by atoms with van der Waals surface area (Å²) in [5.41, 5.74) is -0.230. The van der Waals surface area contributed by atoms with Crippen LogP contribution in [0.3, 0.4) is 0 Å². The first-order chi connectivity index (χ1) is 4.20. The molecule has 47 valence electrons. The van der Waals surface area contributed by atoms with Gasteiger partial charge in [-0.05, 0) is 0 Å². The Hall–Kier alpha value is -0.601. The van der Waals surface area contributed by atoms with Crippen molar-refractivity contribution < 1.29 is 0 Å². The van der Waals surface area contributed by atoms with Gasteiger partial charge in [0.15, 0.2) is 0 Å². The number of aryl methyl sites for hydroxylation is 1. The van der Waals surface area contributed by atoms with Gasteiger partial charge >= 0.3 is 60.0 Å². The van der Waals surface area contributed by atoms with E-state index >= 15 is 0 Å². The molecule has 0 aliphatic carbocycles. The second kappa shape index (κ2) is 2.33. The second-order valence-corrected chi connectivity index (χ2v) is 2.54. The maximum atomic E-state index is 10.7. The quantitative estimate of drug-likeness (QED) is 0.468. The molecule has 0 atom stereocenters. The Morgan fingerprint density at radius 1 is 1.78 bits per heavy atom. The molecule has 0 aromatic carbocycles. The topological polar surface area (TPSA) is 34.9 Å². The molecule has 1 radical (unpaired) electrons.